The maximum atomic E-state index is 12.3. The van der Waals surface area contributed by atoms with E-state index in [1.54, 1.807) is 0 Å². The fourth-order valence-corrected chi connectivity index (χ4v) is 2.41. The van der Waals surface area contributed by atoms with E-state index in [1.165, 1.54) is 0 Å². The average Bonchev–Trinajstić information content (AvgIpc) is 2.17. The Morgan fingerprint density at radius 2 is 1.67 bits per heavy atom. The first-order valence-corrected chi connectivity index (χ1v) is 6.14. The minimum Gasteiger partial charge on any atom is -0.341 e. The largest absolute Gasteiger partial charge is 0.341 e. The molecule has 0 spiro atoms. The lowest BCUT2D eigenvalue weighted by molar-refractivity contribution is -0.138. The van der Waals surface area contributed by atoms with E-state index in [0.29, 0.717) is 5.92 Å². The quantitative estimate of drug-likeness (QED) is 0.856. The average molecular weight is 300 g/mol. The maximum Gasteiger partial charge on any atom is 0.240 e. The number of amides is 1. The van der Waals surface area contributed by atoms with Gasteiger partial charge in [-0.3, -0.25) is 9.69 Å². The highest BCUT2D eigenvalue weighted by Gasteiger charge is 2.30. The lowest BCUT2D eigenvalue weighted by Gasteiger charge is -2.36. The maximum absolute atomic E-state index is 12.3. The number of halogens is 2. The summed E-state index contributed by atoms with van der Waals surface area (Å²) in [4.78, 5) is 16.3. The number of carbonyl (C=O) groups excluding carboxylic acids is 1. The second-order valence-electron chi connectivity index (χ2n) is 5.32. The number of nitrogens with two attached hydrogens (primary N) is 1. The summed E-state index contributed by atoms with van der Waals surface area (Å²) >= 11 is 0. The zero-order chi connectivity index (χ0) is 12.3. The Labute approximate surface area is 123 Å². The monoisotopic (exact) mass is 299 g/mol. The van der Waals surface area contributed by atoms with Crippen LogP contribution in [0.15, 0.2) is 0 Å². The molecule has 1 unspecified atom stereocenters. The van der Waals surface area contributed by atoms with E-state index in [0.717, 1.165) is 25.9 Å². The molecule has 1 atom stereocenters. The van der Waals surface area contributed by atoms with Gasteiger partial charge in [-0.25, -0.2) is 0 Å². The molecule has 1 saturated heterocycles. The topological polar surface area (TPSA) is 49.6 Å². The normalized spacial score (nSPS) is 18.3. The van der Waals surface area contributed by atoms with Crippen molar-refractivity contribution in [2.75, 3.05) is 27.2 Å². The molecule has 0 radical (unpaired) electrons. The fourth-order valence-electron chi connectivity index (χ4n) is 2.41. The van der Waals surface area contributed by atoms with Crippen molar-refractivity contribution >= 4 is 30.7 Å². The van der Waals surface area contributed by atoms with Gasteiger partial charge in [0, 0.05) is 19.1 Å². The Balaban J connectivity index is 0. The van der Waals surface area contributed by atoms with Gasteiger partial charge < -0.3 is 10.6 Å². The highest BCUT2D eigenvalue weighted by Crippen LogP contribution is 2.15. The smallest absolute Gasteiger partial charge is 0.240 e. The summed E-state index contributed by atoms with van der Waals surface area (Å²) in [5, 5.41) is 0. The van der Waals surface area contributed by atoms with Gasteiger partial charge in [-0.05, 0) is 32.9 Å². The molecule has 4 nitrogen and oxygen atoms in total. The zero-order valence-corrected chi connectivity index (χ0v) is 13.4. The number of hydrogen-bond acceptors (Lipinski definition) is 3. The molecular formula is C12H27Cl2N3O. The van der Waals surface area contributed by atoms with Crippen molar-refractivity contribution in [2.24, 2.45) is 11.7 Å². The molecule has 2 N–H and O–H groups in total. The molecule has 18 heavy (non-hydrogen) atoms. The number of piperidine rings is 1. The Bertz CT molecular complexity index is 233. The van der Waals surface area contributed by atoms with Gasteiger partial charge in [0.1, 0.15) is 0 Å². The minimum absolute atomic E-state index is 0. The number of likely N-dealkylation sites (tertiary alicyclic amines) is 1. The van der Waals surface area contributed by atoms with Gasteiger partial charge in [0.2, 0.25) is 5.91 Å². The Hall–Kier alpha value is -0.0300. The van der Waals surface area contributed by atoms with Crippen molar-refractivity contribution in [3.05, 3.63) is 0 Å². The Kier molecular flexibility index (Phi) is 10.1. The minimum atomic E-state index is -0.00526. The van der Waals surface area contributed by atoms with Gasteiger partial charge in [0.15, 0.2) is 0 Å². The first kappa shape index (κ1) is 20.3. The molecule has 0 bridgehead atoms. The van der Waals surface area contributed by atoms with E-state index in [4.69, 9.17) is 5.73 Å². The number of carbonyl (C=O) groups is 1. The molecule has 0 aliphatic carbocycles. The second kappa shape index (κ2) is 8.97. The van der Waals surface area contributed by atoms with Crippen LogP contribution in [0.4, 0.5) is 0 Å². The summed E-state index contributed by atoms with van der Waals surface area (Å²) in [7, 11) is 3.94. The predicted octanol–water partition coefficient (Wildman–Crippen LogP) is 1.37. The van der Waals surface area contributed by atoms with Crippen LogP contribution in [0.25, 0.3) is 0 Å². The third-order valence-corrected chi connectivity index (χ3v) is 3.29. The van der Waals surface area contributed by atoms with Gasteiger partial charge in [-0.1, -0.05) is 13.8 Å². The number of nitrogens with zero attached hydrogens (tertiary/aromatic N) is 2. The number of likely N-dealkylation sites (N-methyl/N-ethyl adjacent to an activating group) is 1. The van der Waals surface area contributed by atoms with Crippen LogP contribution in [-0.4, -0.2) is 55.0 Å². The SMILES string of the molecule is CC(C)C(C(=O)N1CCC(N)CC1)N(C)C.Cl.Cl. The lowest BCUT2D eigenvalue weighted by atomic mass is 9.99. The molecule has 0 saturated carbocycles. The summed E-state index contributed by atoms with van der Waals surface area (Å²) in [6, 6.07) is 0.273. The van der Waals surface area contributed by atoms with E-state index >= 15 is 0 Å². The summed E-state index contributed by atoms with van der Waals surface area (Å²) in [5.41, 5.74) is 5.84. The van der Waals surface area contributed by atoms with E-state index in [1.807, 2.05) is 23.9 Å². The van der Waals surface area contributed by atoms with Crippen LogP contribution in [0.2, 0.25) is 0 Å². The van der Waals surface area contributed by atoms with Crippen molar-refractivity contribution in [3.8, 4) is 0 Å². The molecule has 0 aromatic rings. The van der Waals surface area contributed by atoms with Crippen LogP contribution in [0.3, 0.4) is 0 Å². The molecule has 0 aromatic carbocycles. The van der Waals surface area contributed by atoms with E-state index in [2.05, 4.69) is 13.8 Å². The van der Waals surface area contributed by atoms with Gasteiger partial charge in [-0.15, -0.1) is 24.8 Å². The third-order valence-electron chi connectivity index (χ3n) is 3.29. The van der Waals surface area contributed by atoms with Gasteiger partial charge in [0.05, 0.1) is 6.04 Å². The third kappa shape index (κ3) is 5.31. The van der Waals surface area contributed by atoms with Gasteiger partial charge >= 0.3 is 0 Å². The van der Waals surface area contributed by atoms with Crippen LogP contribution in [-0.2, 0) is 4.79 Å². The molecule has 6 heteroatoms. The fraction of sp³-hybridized carbons (Fsp3) is 0.917. The van der Waals surface area contributed by atoms with Crippen molar-refractivity contribution in [3.63, 3.8) is 0 Å². The highest BCUT2D eigenvalue weighted by atomic mass is 35.5. The summed E-state index contributed by atoms with van der Waals surface area (Å²) < 4.78 is 0. The number of rotatable bonds is 3. The van der Waals surface area contributed by atoms with Crippen molar-refractivity contribution in [1.29, 1.82) is 0 Å². The van der Waals surface area contributed by atoms with Gasteiger partial charge in [-0.2, -0.15) is 0 Å². The zero-order valence-electron chi connectivity index (χ0n) is 11.8. The van der Waals surface area contributed by atoms with E-state index < -0.39 is 0 Å². The van der Waals surface area contributed by atoms with Crippen LogP contribution in [0.1, 0.15) is 26.7 Å². The van der Waals surface area contributed by atoms with Gasteiger partial charge in [0.25, 0.3) is 0 Å². The Morgan fingerprint density at radius 3 is 2.00 bits per heavy atom. The molecular weight excluding hydrogens is 273 g/mol. The Morgan fingerprint density at radius 1 is 1.22 bits per heavy atom. The predicted molar refractivity (Wildman–Crippen MR) is 80.6 cm³/mol. The van der Waals surface area contributed by atoms with Crippen molar-refractivity contribution in [1.82, 2.24) is 9.80 Å². The van der Waals surface area contributed by atoms with Crippen molar-refractivity contribution < 1.29 is 4.79 Å². The molecule has 1 fully saturated rings. The van der Waals surface area contributed by atoms with Crippen molar-refractivity contribution in [2.45, 2.75) is 38.8 Å². The van der Waals surface area contributed by atoms with Crippen LogP contribution in [0, 0.1) is 5.92 Å². The standard InChI is InChI=1S/C12H25N3O.2ClH/c1-9(2)11(14(3)4)12(16)15-7-5-10(13)6-8-15;;/h9-11H,5-8,13H2,1-4H3;2*1H. The summed E-state index contributed by atoms with van der Waals surface area (Å²) in [6.07, 6.45) is 1.87. The summed E-state index contributed by atoms with van der Waals surface area (Å²) in [6.45, 7) is 5.82. The number of hydrogen-bond donors (Lipinski definition) is 1. The molecule has 1 aliphatic heterocycles. The highest BCUT2D eigenvalue weighted by molar-refractivity contribution is 5.85. The molecule has 1 amide bonds. The molecule has 1 aliphatic rings. The molecule has 1 heterocycles. The first-order chi connectivity index (χ1) is 7.43. The summed E-state index contributed by atoms with van der Waals surface area (Å²) in [5.74, 6) is 0.602. The van der Waals surface area contributed by atoms with E-state index in [9.17, 15) is 4.79 Å². The van der Waals surface area contributed by atoms with Crippen LogP contribution >= 0.6 is 24.8 Å². The van der Waals surface area contributed by atoms with Crippen LogP contribution < -0.4 is 5.73 Å². The molecule has 0 aromatic heterocycles. The molecule has 1 rings (SSSR count). The molecule has 110 valence electrons. The van der Waals surface area contributed by atoms with Crippen LogP contribution in [0.5, 0.6) is 0 Å². The lowest BCUT2D eigenvalue weighted by Crippen LogP contribution is -2.52. The first-order valence-electron chi connectivity index (χ1n) is 6.14. The van der Waals surface area contributed by atoms with E-state index in [-0.39, 0.29) is 42.8 Å². The second-order valence-corrected chi connectivity index (χ2v) is 5.32.